The molecule has 32 heavy (non-hydrogen) atoms. The SMILES string of the molecule is CC1=CC(B2C3=C(CCC(C)=C3)Nc3c4c(cc(C)c32)BC/C(C)=N\C=C/C4)=C(C)CC1. The van der Waals surface area contributed by atoms with Crippen molar-refractivity contribution in [2.24, 2.45) is 4.99 Å². The third-order valence-corrected chi connectivity index (χ3v) is 7.75. The Labute approximate surface area is 194 Å². The average molecular weight is 420 g/mol. The van der Waals surface area contributed by atoms with E-state index in [-0.39, 0.29) is 0 Å². The van der Waals surface area contributed by atoms with Gasteiger partial charge in [-0.25, -0.2) is 0 Å². The first kappa shape index (κ1) is 21.4. The smallest absolute Gasteiger partial charge is 0.246 e. The summed E-state index contributed by atoms with van der Waals surface area (Å²) in [5.74, 6) is 0. The van der Waals surface area contributed by atoms with Crippen LogP contribution in [-0.2, 0) is 6.42 Å². The van der Waals surface area contributed by atoms with Crippen LogP contribution in [0.2, 0.25) is 6.32 Å². The van der Waals surface area contributed by atoms with Crippen LogP contribution in [0.4, 0.5) is 5.69 Å². The second kappa shape index (κ2) is 8.46. The maximum Gasteiger partial charge on any atom is 0.246 e. The zero-order chi connectivity index (χ0) is 22.4. The summed E-state index contributed by atoms with van der Waals surface area (Å²) in [6, 6.07) is 2.48. The van der Waals surface area contributed by atoms with Gasteiger partial charge in [-0.15, -0.1) is 0 Å². The van der Waals surface area contributed by atoms with Gasteiger partial charge in [-0.1, -0.05) is 57.5 Å². The van der Waals surface area contributed by atoms with Crippen molar-refractivity contribution in [1.29, 1.82) is 0 Å². The summed E-state index contributed by atoms with van der Waals surface area (Å²) in [6.07, 6.45) is 15.9. The van der Waals surface area contributed by atoms with Gasteiger partial charge in [0.2, 0.25) is 6.71 Å². The second-order valence-corrected chi connectivity index (χ2v) is 10.3. The summed E-state index contributed by atoms with van der Waals surface area (Å²) >= 11 is 0. The van der Waals surface area contributed by atoms with Crippen molar-refractivity contribution in [2.45, 2.75) is 73.0 Å². The van der Waals surface area contributed by atoms with E-state index in [1.165, 1.54) is 74.1 Å². The standard InChI is InChI=1S/C28H34B2N2/c1-17-8-10-19(3)24(13-17)30-25-14-18(2)9-11-26(25)32-28-22-7-6-12-31-21(5)16-29-23(22)15-20(4)27(28)30/h6,12-15,29,32H,7-11,16H2,1-5H3/b12-6-,31-21-. The Morgan fingerprint density at radius 3 is 2.50 bits per heavy atom. The third kappa shape index (κ3) is 3.78. The molecule has 2 aliphatic carbocycles. The highest BCUT2D eigenvalue weighted by molar-refractivity contribution is 6.89. The number of hydrogen-bond acceptors (Lipinski definition) is 2. The van der Waals surface area contributed by atoms with E-state index < -0.39 is 0 Å². The molecule has 0 aromatic heterocycles. The van der Waals surface area contributed by atoms with Gasteiger partial charge in [0, 0.05) is 23.3 Å². The number of rotatable bonds is 1. The van der Waals surface area contributed by atoms with E-state index in [1.54, 1.807) is 5.57 Å². The number of benzene rings is 1. The Kier molecular flexibility index (Phi) is 5.65. The molecule has 0 atom stereocenters. The van der Waals surface area contributed by atoms with Crippen molar-refractivity contribution in [3.8, 4) is 0 Å². The summed E-state index contributed by atoms with van der Waals surface area (Å²) < 4.78 is 0. The number of allylic oxidation sites excluding steroid dienone is 9. The maximum atomic E-state index is 4.63. The summed E-state index contributed by atoms with van der Waals surface area (Å²) in [4.78, 5) is 4.63. The number of nitrogens with one attached hydrogen (secondary N) is 1. The Morgan fingerprint density at radius 1 is 0.938 bits per heavy atom. The van der Waals surface area contributed by atoms with Gasteiger partial charge in [-0.2, -0.15) is 0 Å². The molecular formula is C28H34B2N2. The third-order valence-electron chi connectivity index (χ3n) is 7.75. The fourth-order valence-corrected chi connectivity index (χ4v) is 5.88. The summed E-state index contributed by atoms with van der Waals surface area (Å²) in [7, 11) is 1.07. The van der Waals surface area contributed by atoms with Gasteiger partial charge in [-0.3, -0.25) is 4.99 Å². The minimum atomic E-state index is 0.339. The Balaban J connectivity index is 1.74. The van der Waals surface area contributed by atoms with Crippen LogP contribution in [-0.4, -0.2) is 19.7 Å². The van der Waals surface area contributed by atoms with E-state index in [9.17, 15) is 0 Å². The molecule has 0 radical (unpaired) electrons. The van der Waals surface area contributed by atoms with E-state index in [2.05, 4.69) is 69.2 Å². The molecule has 1 aromatic rings. The van der Waals surface area contributed by atoms with Gasteiger partial charge in [0.25, 0.3) is 0 Å². The molecule has 1 N–H and O–H groups in total. The van der Waals surface area contributed by atoms with Crippen LogP contribution in [0.25, 0.3) is 0 Å². The van der Waals surface area contributed by atoms with E-state index in [0.29, 0.717) is 6.71 Å². The number of hydrogen-bond donors (Lipinski definition) is 1. The van der Waals surface area contributed by atoms with Crippen LogP contribution in [0.15, 0.2) is 68.8 Å². The molecule has 4 heteroatoms. The lowest BCUT2D eigenvalue weighted by molar-refractivity contribution is 0.893. The van der Waals surface area contributed by atoms with Gasteiger partial charge in [0.1, 0.15) is 0 Å². The van der Waals surface area contributed by atoms with Gasteiger partial charge in [0.05, 0.1) is 0 Å². The zero-order valence-electron chi connectivity index (χ0n) is 20.4. The summed E-state index contributed by atoms with van der Waals surface area (Å²) in [5, 5.41) is 3.98. The van der Waals surface area contributed by atoms with Crippen LogP contribution in [0, 0.1) is 6.92 Å². The largest absolute Gasteiger partial charge is 0.360 e. The number of anilines is 1. The highest BCUT2D eigenvalue weighted by Gasteiger charge is 2.37. The molecule has 0 fully saturated rings. The topological polar surface area (TPSA) is 24.4 Å². The van der Waals surface area contributed by atoms with E-state index in [1.807, 2.05) is 6.20 Å². The van der Waals surface area contributed by atoms with E-state index in [0.717, 1.165) is 32.9 Å². The van der Waals surface area contributed by atoms with Crippen molar-refractivity contribution in [3.63, 3.8) is 0 Å². The van der Waals surface area contributed by atoms with Gasteiger partial charge >= 0.3 is 0 Å². The van der Waals surface area contributed by atoms with E-state index >= 15 is 0 Å². The van der Waals surface area contributed by atoms with Crippen LogP contribution in [0.3, 0.4) is 0 Å². The van der Waals surface area contributed by atoms with Crippen molar-refractivity contribution >= 4 is 36.3 Å². The van der Waals surface area contributed by atoms with Crippen molar-refractivity contribution in [3.05, 3.63) is 75.0 Å². The quantitative estimate of drug-likeness (QED) is 0.616. The predicted molar refractivity (Wildman–Crippen MR) is 143 cm³/mol. The normalized spacial score (nSPS) is 23.2. The van der Waals surface area contributed by atoms with Gasteiger partial charge in [-0.05, 0) is 89.5 Å². The molecule has 0 unspecified atom stereocenters. The molecule has 162 valence electrons. The van der Waals surface area contributed by atoms with Crippen LogP contribution >= 0.6 is 0 Å². The minimum absolute atomic E-state index is 0.339. The molecule has 2 heterocycles. The van der Waals surface area contributed by atoms with Crippen LogP contribution < -0.4 is 16.2 Å². The monoisotopic (exact) mass is 420 g/mol. The first-order valence-electron chi connectivity index (χ1n) is 12.3. The minimum Gasteiger partial charge on any atom is -0.360 e. The lowest BCUT2D eigenvalue weighted by atomic mass is 9.31. The molecular weight excluding hydrogens is 386 g/mol. The lowest BCUT2D eigenvalue weighted by Crippen LogP contribution is -2.46. The Hall–Kier alpha value is -2.48. The molecule has 2 aliphatic heterocycles. The molecule has 0 bridgehead atoms. The first-order valence-corrected chi connectivity index (χ1v) is 12.3. The average Bonchev–Trinajstić information content (AvgIpc) is 2.85. The van der Waals surface area contributed by atoms with Gasteiger partial charge in [0.15, 0.2) is 7.28 Å². The fraction of sp³-hybridized carbons (Fsp3) is 0.393. The summed E-state index contributed by atoms with van der Waals surface area (Å²) in [6.45, 7) is 11.8. The molecule has 1 aromatic carbocycles. The lowest BCUT2D eigenvalue weighted by Gasteiger charge is -2.37. The van der Waals surface area contributed by atoms with Crippen molar-refractivity contribution in [2.75, 3.05) is 5.32 Å². The Morgan fingerprint density at radius 2 is 1.69 bits per heavy atom. The maximum absolute atomic E-state index is 4.63. The fourth-order valence-electron chi connectivity index (χ4n) is 5.88. The van der Waals surface area contributed by atoms with Crippen LogP contribution in [0.5, 0.6) is 0 Å². The summed E-state index contributed by atoms with van der Waals surface area (Å²) in [5.41, 5.74) is 17.6. The molecule has 0 saturated carbocycles. The van der Waals surface area contributed by atoms with Crippen LogP contribution in [0.1, 0.15) is 64.5 Å². The van der Waals surface area contributed by atoms with Crippen molar-refractivity contribution in [1.82, 2.24) is 0 Å². The van der Waals surface area contributed by atoms with E-state index in [4.69, 9.17) is 0 Å². The first-order chi connectivity index (χ1) is 15.4. The molecule has 0 amide bonds. The zero-order valence-corrected chi connectivity index (χ0v) is 20.4. The van der Waals surface area contributed by atoms with Gasteiger partial charge < -0.3 is 5.32 Å². The highest BCUT2D eigenvalue weighted by Crippen LogP contribution is 2.38. The molecule has 0 spiro atoms. The highest BCUT2D eigenvalue weighted by atomic mass is 14.9. The number of aryl methyl sites for hydroxylation is 1. The molecule has 5 rings (SSSR count). The second-order valence-electron chi connectivity index (χ2n) is 10.3. The molecule has 4 aliphatic rings. The Bertz CT molecular complexity index is 1170. The molecule has 2 nitrogen and oxygen atoms in total. The molecule has 0 saturated heterocycles. The number of fused-ring (bicyclic) bond motifs is 3. The number of aliphatic imine (C=N–C) groups is 1. The van der Waals surface area contributed by atoms with Crippen molar-refractivity contribution < 1.29 is 0 Å². The predicted octanol–water partition coefficient (Wildman–Crippen LogP) is 5.26. The number of nitrogens with zero attached hydrogens (tertiary/aromatic N) is 1.